The number of hydrazine groups is 1. The fourth-order valence-electron chi connectivity index (χ4n) is 3.45. The highest BCUT2D eigenvalue weighted by Crippen LogP contribution is 2.23. The quantitative estimate of drug-likeness (QED) is 0.124. The van der Waals surface area contributed by atoms with Gasteiger partial charge in [0.05, 0.1) is 24.0 Å². The lowest BCUT2D eigenvalue weighted by Gasteiger charge is -2.24. The van der Waals surface area contributed by atoms with Crippen LogP contribution in [0.2, 0.25) is 0 Å². The second-order valence-corrected chi connectivity index (χ2v) is 8.65. The van der Waals surface area contributed by atoms with Gasteiger partial charge in [0.25, 0.3) is 11.8 Å². The number of aliphatic hydroxyl groups is 2. The molecular weight excluding hydrogens is 553 g/mol. The number of alkyl halides is 1. The number of hydrogen-bond donors (Lipinski definition) is 5. The Morgan fingerprint density at radius 1 is 1.26 bits per heavy atom. The number of fused-ring (bicyclic) bond motifs is 1. The van der Waals surface area contributed by atoms with Crippen molar-refractivity contribution in [2.45, 2.75) is 38.3 Å². The highest BCUT2D eigenvalue weighted by molar-refractivity contribution is 14.1. The molecule has 6 N–H and O–H groups in total. The maximum absolute atomic E-state index is 12.7. The highest BCUT2D eigenvalue weighted by atomic mass is 127. The smallest absolute Gasteiger partial charge is 0.255 e. The maximum atomic E-state index is 12.7. The summed E-state index contributed by atoms with van der Waals surface area (Å²) in [5.41, 5.74) is 2.93. The molecule has 1 aromatic heterocycles. The molecule has 0 fully saturated rings. The minimum atomic E-state index is -1.92. The molecule has 34 heavy (non-hydrogen) atoms. The van der Waals surface area contributed by atoms with Crippen molar-refractivity contribution < 1.29 is 19.8 Å². The summed E-state index contributed by atoms with van der Waals surface area (Å²) in [6.07, 6.45) is 1.45. The zero-order valence-electron chi connectivity index (χ0n) is 18.8. The van der Waals surface area contributed by atoms with Crippen LogP contribution in [0.25, 0.3) is 0 Å². The molecule has 2 amide bonds. The van der Waals surface area contributed by atoms with E-state index in [-0.39, 0.29) is 13.1 Å². The standard InChI is InChI=1S/C22H28IN7O4/c1-13(14-4-6-16(7-5-14)30(24)9-3-8-23)27-20(33)18(31)19(32)21(34)29-11-15-10-26-22(25-2)28-17(15)12-29/h3-7,9-10,13,18-19,31-32H,8,11-12,24H2,1-2H3,(H,27,33)(H,25,26,28)/b9-3-/t13-,18-,19-/m1/s1. The molecule has 1 aliphatic rings. The summed E-state index contributed by atoms with van der Waals surface area (Å²) < 4.78 is 0.833. The van der Waals surface area contributed by atoms with Crippen LogP contribution in [-0.4, -0.2) is 60.6 Å². The molecule has 182 valence electrons. The fourth-order valence-corrected chi connectivity index (χ4v) is 3.68. The molecule has 11 nitrogen and oxygen atoms in total. The van der Waals surface area contributed by atoms with Gasteiger partial charge in [-0.3, -0.25) is 14.6 Å². The van der Waals surface area contributed by atoms with Gasteiger partial charge in [-0.2, -0.15) is 0 Å². The number of allylic oxidation sites excluding steroid dienone is 1. The number of aliphatic hydroxyl groups excluding tert-OH is 2. The summed E-state index contributed by atoms with van der Waals surface area (Å²) >= 11 is 2.21. The Balaban J connectivity index is 1.57. The molecule has 0 bridgehead atoms. The second-order valence-electron chi connectivity index (χ2n) is 7.77. The van der Waals surface area contributed by atoms with Crippen LogP contribution in [0.15, 0.2) is 42.7 Å². The second kappa shape index (κ2) is 11.6. The van der Waals surface area contributed by atoms with Crippen molar-refractivity contribution in [2.24, 2.45) is 5.84 Å². The third-order valence-corrected chi connectivity index (χ3v) is 5.93. The highest BCUT2D eigenvalue weighted by Gasteiger charge is 2.36. The molecular formula is C22H28IN7O4. The molecule has 0 aliphatic carbocycles. The number of benzene rings is 1. The SMILES string of the molecule is CNc1ncc2c(n1)CN(C(=O)[C@H](O)[C@@H](O)C(=O)N[C@H](C)c1ccc(N(N)/C=C\CI)cc1)C2. The lowest BCUT2D eigenvalue weighted by atomic mass is 10.1. The molecule has 1 aliphatic heterocycles. The number of anilines is 2. The van der Waals surface area contributed by atoms with Crippen LogP contribution in [0.1, 0.15) is 29.8 Å². The largest absolute Gasteiger partial charge is 0.380 e. The molecule has 0 unspecified atom stereocenters. The van der Waals surface area contributed by atoms with Gasteiger partial charge in [0.2, 0.25) is 5.95 Å². The first-order valence-corrected chi connectivity index (χ1v) is 12.1. The van der Waals surface area contributed by atoms with Crippen molar-refractivity contribution in [3.8, 4) is 0 Å². The van der Waals surface area contributed by atoms with Crippen molar-refractivity contribution >= 4 is 46.0 Å². The fraction of sp³-hybridized carbons (Fsp3) is 0.364. The van der Waals surface area contributed by atoms with E-state index in [4.69, 9.17) is 5.84 Å². The number of carbonyl (C=O) groups is 2. The van der Waals surface area contributed by atoms with Gasteiger partial charge in [0.1, 0.15) is 0 Å². The zero-order chi connectivity index (χ0) is 24.8. The van der Waals surface area contributed by atoms with E-state index in [9.17, 15) is 19.8 Å². The van der Waals surface area contributed by atoms with Gasteiger partial charge in [-0.1, -0.05) is 40.8 Å². The van der Waals surface area contributed by atoms with Crippen molar-refractivity contribution in [3.63, 3.8) is 0 Å². The van der Waals surface area contributed by atoms with Crippen molar-refractivity contribution in [2.75, 3.05) is 21.8 Å². The van der Waals surface area contributed by atoms with Crippen molar-refractivity contribution in [1.82, 2.24) is 20.2 Å². The summed E-state index contributed by atoms with van der Waals surface area (Å²) in [5, 5.41) is 27.6. The average Bonchev–Trinajstić information content (AvgIpc) is 3.29. The summed E-state index contributed by atoms with van der Waals surface area (Å²) in [6, 6.07) is 6.73. The van der Waals surface area contributed by atoms with Gasteiger partial charge >= 0.3 is 0 Å². The number of carbonyl (C=O) groups excluding carboxylic acids is 2. The third kappa shape index (κ3) is 6.00. The first-order chi connectivity index (χ1) is 16.2. The minimum absolute atomic E-state index is 0.157. The molecule has 0 saturated heterocycles. The van der Waals surface area contributed by atoms with Gasteiger partial charge in [-0.05, 0) is 24.6 Å². The van der Waals surface area contributed by atoms with Crippen LogP contribution in [-0.2, 0) is 22.7 Å². The Labute approximate surface area is 211 Å². The van der Waals surface area contributed by atoms with Gasteiger partial charge in [-0.15, -0.1) is 0 Å². The van der Waals surface area contributed by atoms with E-state index in [0.29, 0.717) is 11.6 Å². The van der Waals surface area contributed by atoms with Crippen LogP contribution in [0.3, 0.4) is 0 Å². The number of halogens is 1. The molecule has 0 saturated carbocycles. The lowest BCUT2D eigenvalue weighted by Crippen LogP contribution is -2.50. The molecule has 2 aromatic rings. The summed E-state index contributed by atoms with van der Waals surface area (Å²) in [7, 11) is 1.69. The Hall–Kier alpha value is -2.81. The van der Waals surface area contributed by atoms with Crippen LogP contribution < -0.4 is 21.5 Å². The van der Waals surface area contributed by atoms with Gasteiger partial charge < -0.3 is 25.7 Å². The van der Waals surface area contributed by atoms with Crippen LogP contribution in [0, 0.1) is 0 Å². The van der Waals surface area contributed by atoms with Gasteiger partial charge in [0.15, 0.2) is 12.2 Å². The summed E-state index contributed by atoms with van der Waals surface area (Å²) in [5.74, 6) is 4.76. The Bertz CT molecular complexity index is 1050. The zero-order valence-corrected chi connectivity index (χ0v) is 21.0. The predicted molar refractivity (Wildman–Crippen MR) is 136 cm³/mol. The number of hydrogen-bond acceptors (Lipinski definition) is 9. The third-order valence-electron chi connectivity index (χ3n) is 5.42. The molecule has 0 radical (unpaired) electrons. The number of nitrogens with two attached hydrogens (primary N) is 1. The van der Waals surface area contributed by atoms with Gasteiger partial charge in [-0.25, -0.2) is 15.8 Å². The first kappa shape index (κ1) is 25.8. The normalized spacial score (nSPS) is 15.5. The van der Waals surface area contributed by atoms with E-state index >= 15 is 0 Å². The predicted octanol–water partition coefficient (Wildman–Crippen LogP) is 0.589. The first-order valence-electron chi connectivity index (χ1n) is 10.6. The van der Waals surface area contributed by atoms with Crippen LogP contribution >= 0.6 is 22.6 Å². The molecule has 2 heterocycles. The Morgan fingerprint density at radius 3 is 2.62 bits per heavy atom. The van der Waals surface area contributed by atoms with E-state index in [1.54, 1.807) is 50.6 Å². The summed E-state index contributed by atoms with van der Waals surface area (Å²) in [6.45, 7) is 2.08. The molecule has 12 heteroatoms. The average molecular weight is 581 g/mol. The monoisotopic (exact) mass is 581 g/mol. The molecule has 3 atom stereocenters. The Morgan fingerprint density at radius 2 is 1.97 bits per heavy atom. The van der Waals surface area contributed by atoms with E-state index in [0.717, 1.165) is 21.2 Å². The maximum Gasteiger partial charge on any atom is 0.255 e. The molecule has 0 spiro atoms. The topological polar surface area (TPSA) is 157 Å². The molecule has 1 aromatic carbocycles. The van der Waals surface area contributed by atoms with Crippen molar-refractivity contribution in [1.29, 1.82) is 0 Å². The number of rotatable bonds is 9. The van der Waals surface area contributed by atoms with Crippen LogP contribution in [0.4, 0.5) is 11.6 Å². The number of nitrogens with zero attached hydrogens (tertiary/aromatic N) is 4. The lowest BCUT2D eigenvalue weighted by molar-refractivity contribution is -0.153. The molecule has 3 rings (SSSR count). The van der Waals surface area contributed by atoms with Crippen LogP contribution in [0.5, 0.6) is 0 Å². The van der Waals surface area contributed by atoms with E-state index in [1.165, 1.54) is 9.91 Å². The number of amides is 2. The van der Waals surface area contributed by atoms with E-state index < -0.39 is 30.1 Å². The van der Waals surface area contributed by atoms with Gasteiger partial charge in [0, 0.05) is 36.0 Å². The number of aromatic nitrogens is 2. The van der Waals surface area contributed by atoms with E-state index in [2.05, 4.69) is 43.2 Å². The minimum Gasteiger partial charge on any atom is -0.380 e. The summed E-state index contributed by atoms with van der Waals surface area (Å²) in [4.78, 5) is 34.9. The number of nitrogens with one attached hydrogen (secondary N) is 2. The van der Waals surface area contributed by atoms with Crippen molar-refractivity contribution in [3.05, 3.63) is 59.6 Å². The van der Waals surface area contributed by atoms with E-state index in [1.807, 2.05) is 6.08 Å². The Kier molecular flexibility index (Phi) is 8.77.